The van der Waals surface area contributed by atoms with E-state index in [9.17, 15) is 0 Å². The molecule has 178 valence electrons. The second-order valence-corrected chi connectivity index (χ2v) is 20.4. The van der Waals surface area contributed by atoms with Crippen molar-refractivity contribution in [3.63, 3.8) is 0 Å². The van der Waals surface area contributed by atoms with Crippen molar-refractivity contribution in [2.75, 3.05) is 0 Å². The fraction of sp³-hybridized carbons (Fsp3) is 0.0370. The number of benzene rings is 4. The van der Waals surface area contributed by atoms with E-state index in [2.05, 4.69) is 163 Å². The Hall–Kier alpha value is -3.14. The molecule has 2 N–H and O–H groups in total. The van der Waals surface area contributed by atoms with Crippen molar-refractivity contribution in [3.05, 3.63) is 133 Å². The average molecular weight is 869 g/mol. The van der Waals surface area contributed by atoms with E-state index >= 15 is 0 Å². The van der Waals surface area contributed by atoms with Crippen LogP contribution in [-0.4, -0.2) is 89.7 Å². The fourth-order valence-corrected chi connectivity index (χ4v) is 12.7. The molecule has 0 saturated heterocycles. The minimum atomic E-state index is -0.866. The number of nitrogens with one attached hydrogen (secondary N) is 2. The zero-order chi connectivity index (χ0) is 25.4. The molecular formula is C27H24N8Tl2. The van der Waals surface area contributed by atoms with E-state index in [-0.39, 0.29) is 0 Å². The van der Waals surface area contributed by atoms with Gasteiger partial charge in [0.2, 0.25) is 0 Å². The monoisotopic (exact) mass is 870 g/mol. The maximum atomic E-state index is 3.66. The van der Waals surface area contributed by atoms with Gasteiger partial charge in [-0.3, -0.25) is 0 Å². The molecule has 0 fully saturated rings. The summed E-state index contributed by atoms with van der Waals surface area (Å²) in [6, 6.07) is 43.4. The maximum absolute atomic E-state index is 3.66. The Bertz CT molecular complexity index is 1180. The Balaban J connectivity index is 0.000000130. The summed E-state index contributed by atoms with van der Waals surface area (Å²) >= 11 is -1.73. The van der Waals surface area contributed by atoms with E-state index < -0.39 is 48.5 Å². The molecule has 0 aliphatic heterocycles. The van der Waals surface area contributed by atoms with Gasteiger partial charge in [0.1, 0.15) is 0 Å². The van der Waals surface area contributed by atoms with Gasteiger partial charge in [-0.15, -0.1) is 10.2 Å². The summed E-state index contributed by atoms with van der Waals surface area (Å²) in [6.07, 6.45) is 0.486. The summed E-state index contributed by atoms with van der Waals surface area (Å²) in [5, 5.41) is 26.1. The van der Waals surface area contributed by atoms with Gasteiger partial charge in [-0.2, -0.15) is 0 Å². The number of hydrogen-bond donors (Lipinski definition) is 2. The van der Waals surface area contributed by atoms with Gasteiger partial charge >= 0.3 is 182 Å². The van der Waals surface area contributed by atoms with Gasteiger partial charge in [0, 0.05) is 0 Å². The predicted octanol–water partition coefficient (Wildman–Crippen LogP) is 0.987. The van der Waals surface area contributed by atoms with Crippen LogP contribution in [0.3, 0.4) is 0 Å². The third-order valence-electron chi connectivity index (χ3n) is 4.98. The standard InChI is InChI=1S/4C6H5.C3H4N8.2Tl/c4*1-2-4-6-5-3-1;1(2-4-8-9-5-2)3-6-10-11-7-3;;/h4*1-5H;1H2,(H,4,5,8,9)(H,6,7,10,11);;. The third-order valence-corrected chi connectivity index (χ3v) is 16.1. The normalized spacial score (nSPS) is 9.51. The van der Waals surface area contributed by atoms with Crippen molar-refractivity contribution in [2.24, 2.45) is 0 Å². The van der Waals surface area contributed by atoms with Crippen LogP contribution in [0.2, 0.25) is 0 Å². The van der Waals surface area contributed by atoms with Crippen molar-refractivity contribution in [1.82, 2.24) is 41.2 Å². The SMILES string of the molecule is C(c1nnn[nH]1)c1nnn[nH]1.c1cc[c]([Tl][c]2ccccc2)cc1.c1cc[c]([Tl][c]2ccccc2)cc1. The second kappa shape index (κ2) is 15.9. The number of aromatic amines is 2. The van der Waals surface area contributed by atoms with Gasteiger partial charge in [-0.1, -0.05) is 0 Å². The second-order valence-electron chi connectivity index (χ2n) is 7.80. The van der Waals surface area contributed by atoms with Crippen LogP contribution in [0.15, 0.2) is 121 Å². The molecule has 0 atom stereocenters. The zero-order valence-electron chi connectivity index (χ0n) is 20.1. The number of nitrogens with zero attached hydrogens (tertiary/aromatic N) is 6. The van der Waals surface area contributed by atoms with Gasteiger partial charge in [0.05, 0.1) is 6.42 Å². The number of H-pyrrole nitrogens is 2. The molecule has 0 aliphatic carbocycles. The molecule has 8 nitrogen and oxygen atoms in total. The van der Waals surface area contributed by atoms with Crippen LogP contribution in [0.4, 0.5) is 0 Å². The summed E-state index contributed by atoms with van der Waals surface area (Å²) in [5.41, 5.74) is 0. The predicted molar refractivity (Wildman–Crippen MR) is 147 cm³/mol. The number of rotatable bonds is 6. The van der Waals surface area contributed by atoms with E-state index in [4.69, 9.17) is 0 Å². The summed E-state index contributed by atoms with van der Waals surface area (Å²) in [4.78, 5) is 0. The van der Waals surface area contributed by atoms with Crippen LogP contribution in [-0.2, 0) is 6.42 Å². The van der Waals surface area contributed by atoms with Gasteiger partial charge < -0.3 is 0 Å². The number of aromatic nitrogens is 8. The first kappa shape index (κ1) is 26.9. The van der Waals surface area contributed by atoms with Crippen molar-refractivity contribution in [1.29, 1.82) is 0 Å². The van der Waals surface area contributed by atoms with Crippen LogP contribution < -0.4 is 12.5 Å². The molecule has 10 heteroatoms. The van der Waals surface area contributed by atoms with Gasteiger partial charge in [-0.05, 0) is 20.9 Å². The van der Waals surface area contributed by atoms with Crippen LogP contribution in [0.1, 0.15) is 11.6 Å². The van der Waals surface area contributed by atoms with Crippen molar-refractivity contribution in [2.45, 2.75) is 6.42 Å². The molecule has 0 amide bonds. The minimum absolute atomic E-state index is 0.486. The third kappa shape index (κ3) is 10.4. The van der Waals surface area contributed by atoms with Crippen molar-refractivity contribution < 1.29 is 0 Å². The van der Waals surface area contributed by atoms with E-state index in [1.54, 1.807) is 12.5 Å². The first-order valence-corrected chi connectivity index (χ1v) is 20.7. The molecule has 0 saturated carbocycles. The molecule has 0 aliphatic rings. The molecular weight excluding hydrogens is 845 g/mol. The average Bonchev–Trinajstić information content (AvgIpc) is 3.67. The van der Waals surface area contributed by atoms with E-state index in [1.807, 2.05) is 0 Å². The Labute approximate surface area is 239 Å². The van der Waals surface area contributed by atoms with Crippen LogP contribution in [0.25, 0.3) is 0 Å². The molecule has 2 aromatic heterocycles. The molecule has 4 aromatic carbocycles. The summed E-state index contributed by atoms with van der Waals surface area (Å²) in [6.45, 7) is 0. The molecule has 0 radical (unpaired) electrons. The molecule has 6 aromatic rings. The fourth-order valence-electron chi connectivity index (χ4n) is 3.25. The van der Waals surface area contributed by atoms with Gasteiger partial charge in [0.25, 0.3) is 0 Å². The zero-order valence-corrected chi connectivity index (χ0v) is 29.1. The molecule has 0 bridgehead atoms. The first-order chi connectivity index (χ1) is 18.3. The Morgan fingerprint density at radius 1 is 0.432 bits per heavy atom. The van der Waals surface area contributed by atoms with E-state index in [0.29, 0.717) is 18.1 Å². The van der Waals surface area contributed by atoms with Crippen LogP contribution >= 0.6 is 0 Å². The molecule has 2 heterocycles. The number of tetrazole rings is 2. The Morgan fingerprint density at radius 3 is 0.973 bits per heavy atom. The van der Waals surface area contributed by atoms with Gasteiger partial charge in [-0.25, -0.2) is 10.2 Å². The molecule has 0 unspecified atom stereocenters. The Morgan fingerprint density at radius 2 is 0.730 bits per heavy atom. The summed E-state index contributed by atoms with van der Waals surface area (Å²) in [7, 11) is 0. The van der Waals surface area contributed by atoms with Crippen LogP contribution in [0, 0.1) is 0 Å². The van der Waals surface area contributed by atoms with Crippen molar-refractivity contribution in [3.8, 4) is 0 Å². The molecule has 6 rings (SSSR count). The van der Waals surface area contributed by atoms with E-state index in [0.717, 1.165) is 0 Å². The Kier molecular flexibility index (Phi) is 11.5. The van der Waals surface area contributed by atoms with E-state index in [1.165, 1.54) is 0 Å². The molecule has 37 heavy (non-hydrogen) atoms. The summed E-state index contributed by atoms with van der Waals surface area (Å²) in [5.74, 6) is 1.26. The summed E-state index contributed by atoms with van der Waals surface area (Å²) < 4.78 is 6.31. The topological polar surface area (TPSA) is 109 Å². The van der Waals surface area contributed by atoms with Crippen LogP contribution in [0.5, 0.6) is 0 Å². The van der Waals surface area contributed by atoms with Gasteiger partial charge in [0.15, 0.2) is 11.6 Å². The first-order valence-electron chi connectivity index (χ1n) is 11.7. The quantitative estimate of drug-likeness (QED) is 0.242. The molecule has 0 spiro atoms. The number of hydrogen-bond acceptors (Lipinski definition) is 6. The van der Waals surface area contributed by atoms with Crippen molar-refractivity contribution >= 4 is 61.0 Å².